The van der Waals surface area contributed by atoms with Crippen LogP contribution in [-0.4, -0.2) is 28.3 Å². The van der Waals surface area contributed by atoms with E-state index in [1.165, 1.54) is 18.2 Å². The number of halogens is 2. The Labute approximate surface area is 212 Å². The maximum atomic E-state index is 12.9. The molecule has 0 atom stereocenters. The summed E-state index contributed by atoms with van der Waals surface area (Å²) in [5, 5.41) is 12.1. The first-order chi connectivity index (χ1) is 16.8. The molecule has 178 valence electrons. The maximum absolute atomic E-state index is 12.9. The lowest BCUT2D eigenvalue weighted by Gasteiger charge is -2.15. The van der Waals surface area contributed by atoms with E-state index < -0.39 is 16.7 Å². The number of pyridine rings is 1. The Kier molecular flexibility index (Phi) is 6.99. The van der Waals surface area contributed by atoms with Gasteiger partial charge >= 0.3 is 0 Å². The van der Waals surface area contributed by atoms with Crippen LogP contribution in [0, 0.1) is 10.1 Å². The zero-order valence-corrected chi connectivity index (χ0v) is 20.4. The molecule has 2 heterocycles. The monoisotopic (exact) mass is 558 g/mol. The van der Waals surface area contributed by atoms with Crippen LogP contribution in [0.15, 0.2) is 64.8 Å². The highest BCUT2D eigenvalue weighted by Gasteiger charge is 2.35. The Balaban J connectivity index is 1.70. The highest BCUT2D eigenvalue weighted by atomic mass is 79.9. The average molecular weight is 560 g/mol. The fourth-order valence-corrected chi connectivity index (χ4v) is 3.83. The van der Waals surface area contributed by atoms with E-state index in [1.807, 2.05) is 0 Å². The van der Waals surface area contributed by atoms with Crippen molar-refractivity contribution in [1.82, 2.24) is 10.4 Å². The standard InChI is InChI=1S/C23H16BrClN4O6/c1-2-34-17-11-13(10-16-22(30)27-28(23(16)31)14-6-4-3-5-7-14)19(24)20(25)21(17)35-18-9-8-15(12-26-18)29(32)33/h3-12H,2H2,1H3,(H,27,30)/b16-10-. The first-order valence-corrected chi connectivity index (χ1v) is 11.3. The van der Waals surface area contributed by atoms with E-state index >= 15 is 0 Å². The molecule has 0 unspecified atom stereocenters. The fraction of sp³-hybridized carbons (Fsp3) is 0.0870. The number of para-hydroxylation sites is 1. The summed E-state index contributed by atoms with van der Waals surface area (Å²) in [6.07, 6.45) is 2.45. The van der Waals surface area contributed by atoms with Crippen LogP contribution in [0.5, 0.6) is 17.4 Å². The van der Waals surface area contributed by atoms with Crippen LogP contribution in [0.2, 0.25) is 5.02 Å². The van der Waals surface area contributed by atoms with Gasteiger partial charge in [0.05, 0.1) is 17.2 Å². The number of carbonyl (C=O) groups excluding carboxylic acids is 2. The molecule has 1 aliphatic heterocycles. The Bertz CT molecular complexity index is 1350. The topological polar surface area (TPSA) is 124 Å². The van der Waals surface area contributed by atoms with Crippen molar-refractivity contribution in [2.24, 2.45) is 0 Å². The van der Waals surface area contributed by atoms with Crippen LogP contribution < -0.4 is 19.9 Å². The molecule has 12 heteroatoms. The minimum absolute atomic E-state index is 0.0558. The minimum atomic E-state index is -0.576. The molecule has 1 saturated heterocycles. The van der Waals surface area contributed by atoms with Gasteiger partial charge in [-0.2, -0.15) is 0 Å². The van der Waals surface area contributed by atoms with Crippen LogP contribution in [0.25, 0.3) is 6.08 Å². The number of anilines is 1. The number of hydrogen-bond acceptors (Lipinski definition) is 7. The van der Waals surface area contributed by atoms with Crippen molar-refractivity contribution in [3.63, 3.8) is 0 Å². The largest absolute Gasteiger partial charge is 0.490 e. The molecule has 0 saturated carbocycles. The molecule has 4 rings (SSSR count). The fourth-order valence-electron chi connectivity index (χ4n) is 3.18. The maximum Gasteiger partial charge on any atom is 0.287 e. The van der Waals surface area contributed by atoms with Gasteiger partial charge < -0.3 is 9.47 Å². The van der Waals surface area contributed by atoms with Gasteiger partial charge in [-0.25, -0.2) is 9.99 Å². The number of nitro groups is 1. The van der Waals surface area contributed by atoms with Crippen molar-refractivity contribution in [1.29, 1.82) is 0 Å². The Morgan fingerprint density at radius 1 is 1.23 bits per heavy atom. The third-order valence-corrected chi connectivity index (χ3v) is 6.24. The van der Waals surface area contributed by atoms with Gasteiger partial charge in [-0.1, -0.05) is 29.8 Å². The number of nitrogens with zero attached hydrogens (tertiary/aromatic N) is 3. The second kappa shape index (κ2) is 10.1. The Hall–Kier alpha value is -3.96. The van der Waals surface area contributed by atoms with Crippen molar-refractivity contribution >= 4 is 56.8 Å². The number of hydrogen-bond donors (Lipinski definition) is 1. The highest BCUT2D eigenvalue weighted by Crippen LogP contribution is 2.45. The molecule has 1 aromatic heterocycles. The molecule has 0 radical (unpaired) electrons. The normalized spacial score (nSPS) is 14.3. The van der Waals surface area contributed by atoms with Crippen LogP contribution in [-0.2, 0) is 9.59 Å². The number of carbonyl (C=O) groups is 2. The Morgan fingerprint density at radius 2 is 1.97 bits per heavy atom. The molecular weight excluding hydrogens is 544 g/mol. The summed E-state index contributed by atoms with van der Waals surface area (Å²) in [6, 6.07) is 12.8. The van der Waals surface area contributed by atoms with Crippen molar-refractivity contribution < 1.29 is 24.0 Å². The number of ether oxygens (including phenoxy) is 2. The van der Waals surface area contributed by atoms with Gasteiger partial charge in [0.25, 0.3) is 17.5 Å². The molecule has 35 heavy (non-hydrogen) atoms. The predicted octanol–water partition coefficient (Wildman–Crippen LogP) is 5.06. The lowest BCUT2D eigenvalue weighted by molar-refractivity contribution is -0.385. The molecule has 1 N–H and O–H groups in total. The SMILES string of the molecule is CCOc1cc(/C=C2/C(=O)NN(c3ccccc3)C2=O)c(Br)c(Cl)c1Oc1ccc([N+](=O)[O-])cn1. The first-order valence-electron chi connectivity index (χ1n) is 10.2. The number of nitrogens with one attached hydrogen (secondary N) is 1. The van der Waals surface area contributed by atoms with E-state index in [1.54, 1.807) is 43.3 Å². The van der Waals surface area contributed by atoms with Crippen molar-refractivity contribution in [2.45, 2.75) is 6.92 Å². The van der Waals surface area contributed by atoms with Crippen molar-refractivity contribution in [2.75, 3.05) is 11.6 Å². The van der Waals surface area contributed by atoms with E-state index in [2.05, 4.69) is 26.3 Å². The van der Waals surface area contributed by atoms with Gasteiger partial charge in [-0.05, 0) is 52.7 Å². The van der Waals surface area contributed by atoms with Crippen molar-refractivity contribution in [3.05, 3.63) is 85.5 Å². The number of hydrazine groups is 1. The quantitative estimate of drug-likeness (QED) is 0.186. The van der Waals surface area contributed by atoms with E-state index in [0.29, 0.717) is 15.7 Å². The van der Waals surface area contributed by atoms with E-state index in [9.17, 15) is 19.7 Å². The predicted molar refractivity (Wildman–Crippen MR) is 131 cm³/mol. The second-order valence-electron chi connectivity index (χ2n) is 7.04. The molecular formula is C23H16BrClN4O6. The second-order valence-corrected chi connectivity index (χ2v) is 8.21. The highest BCUT2D eigenvalue weighted by molar-refractivity contribution is 9.10. The van der Waals surface area contributed by atoms with Crippen LogP contribution in [0.4, 0.5) is 11.4 Å². The molecule has 0 spiro atoms. The van der Waals surface area contributed by atoms with E-state index in [0.717, 1.165) is 11.2 Å². The number of aromatic nitrogens is 1. The van der Waals surface area contributed by atoms with Gasteiger partial charge in [-0.3, -0.25) is 25.1 Å². The third-order valence-electron chi connectivity index (χ3n) is 4.80. The summed E-state index contributed by atoms with van der Waals surface area (Å²) >= 11 is 9.93. The lowest BCUT2D eigenvalue weighted by Crippen LogP contribution is -2.35. The van der Waals surface area contributed by atoms with E-state index in [-0.39, 0.29) is 40.3 Å². The molecule has 0 aliphatic carbocycles. The minimum Gasteiger partial charge on any atom is -0.490 e. The van der Waals surface area contributed by atoms with Gasteiger partial charge in [0.2, 0.25) is 5.88 Å². The number of rotatable bonds is 7. The first kappa shape index (κ1) is 24.2. The van der Waals surface area contributed by atoms with Gasteiger partial charge in [0.15, 0.2) is 11.5 Å². The molecule has 1 aliphatic rings. The lowest BCUT2D eigenvalue weighted by atomic mass is 10.1. The van der Waals surface area contributed by atoms with Gasteiger partial charge in [0, 0.05) is 16.6 Å². The molecule has 0 bridgehead atoms. The summed E-state index contributed by atoms with van der Waals surface area (Å²) in [5.41, 5.74) is 3.16. The molecule has 3 aromatic rings. The zero-order chi connectivity index (χ0) is 25.1. The van der Waals surface area contributed by atoms with Crippen LogP contribution >= 0.6 is 27.5 Å². The third kappa shape index (κ3) is 4.96. The van der Waals surface area contributed by atoms with Gasteiger partial charge in [0.1, 0.15) is 16.8 Å². The summed E-state index contributed by atoms with van der Waals surface area (Å²) < 4.78 is 11.8. The summed E-state index contributed by atoms with van der Waals surface area (Å²) in [7, 11) is 0. The van der Waals surface area contributed by atoms with Crippen molar-refractivity contribution in [3.8, 4) is 17.4 Å². The smallest absolute Gasteiger partial charge is 0.287 e. The van der Waals surface area contributed by atoms with Crippen LogP contribution in [0.1, 0.15) is 12.5 Å². The summed E-state index contributed by atoms with van der Waals surface area (Å²) in [4.78, 5) is 39.7. The number of amides is 2. The molecule has 2 amide bonds. The summed E-state index contributed by atoms with van der Waals surface area (Å²) in [5.74, 6) is -0.719. The average Bonchev–Trinajstić information content (AvgIpc) is 3.14. The van der Waals surface area contributed by atoms with Crippen LogP contribution in [0.3, 0.4) is 0 Å². The Morgan fingerprint density at radius 3 is 2.60 bits per heavy atom. The molecule has 10 nitrogen and oxygen atoms in total. The number of benzene rings is 2. The molecule has 2 aromatic carbocycles. The molecule has 1 fully saturated rings. The van der Waals surface area contributed by atoms with E-state index in [4.69, 9.17) is 21.1 Å². The van der Waals surface area contributed by atoms with Gasteiger partial charge in [-0.15, -0.1) is 0 Å². The zero-order valence-electron chi connectivity index (χ0n) is 18.0. The summed E-state index contributed by atoms with van der Waals surface area (Å²) in [6.45, 7) is 2.02.